The summed E-state index contributed by atoms with van der Waals surface area (Å²) >= 11 is 0. The van der Waals surface area contributed by atoms with Crippen molar-refractivity contribution in [2.45, 2.75) is 205 Å². The third-order valence-corrected chi connectivity index (χ3v) is 16.9. The van der Waals surface area contributed by atoms with Gasteiger partial charge in [0.05, 0.1) is 0 Å². The minimum atomic E-state index is 0.188. The summed E-state index contributed by atoms with van der Waals surface area (Å²) in [6.07, 6.45) is 10.2. The zero-order valence-electron chi connectivity index (χ0n) is 32.7. The molecule has 0 bridgehead atoms. The van der Waals surface area contributed by atoms with Crippen molar-refractivity contribution in [1.29, 1.82) is 0 Å². The van der Waals surface area contributed by atoms with Gasteiger partial charge < -0.3 is 0 Å². The summed E-state index contributed by atoms with van der Waals surface area (Å²) < 4.78 is 0. The fraction of sp³-hybridized carbons (Fsp3) is 0.727. The minimum Gasteiger partial charge on any atom is -0.0558 e. The van der Waals surface area contributed by atoms with Gasteiger partial charge in [0.15, 0.2) is 0 Å². The Morgan fingerprint density at radius 3 is 0.674 bits per heavy atom. The second kappa shape index (κ2) is 10.3. The second-order valence-corrected chi connectivity index (χ2v) is 23.9. The average molecular weight is 657 g/mol. The van der Waals surface area contributed by atoms with Crippen LogP contribution in [-0.4, -0.2) is 0 Å². The Morgan fingerprint density at radius 2 is 0.478 bits per heavy atom. The van der Waals surface area contributed by atoms with E-state index >= 15 is 0 Å². The van der Waals surface area contributed by atoms with Gasteiger partial charge in [0.2, 0.25) is 0 Å². The quantitative estimate of drug-likeness (QED) is 0.282. The summed E-state index contributed by atoms with van der Waals surface area (Å²) in [6, 6.07) is 5.46. The molecule has 0 nitrogen and oxygen atoms in total. The topological polar surface area (TPSA) is 0 Å². The van der Waals surface area contributed by atoms with Gasteiger partial charge in [-0.25, -0.2) is 0 Å². The number of fused-ring (bicyclic) bond motifs is 4. The number of rotatable bonds is 2. The first-order valence-electron chi connectivity index (χ1n) is 18.6. The Bertz CT molecular complexity index is 1400. The van der Waals surface area contributed by atoms with Crippen molar-refractivity contribution in [2.75, 3.05) is 0 Å². The van der Waals surface area contributed by atoms with Gasteiger partial charge in [-0.1, -0.05) is 123 Å². The predicted octanol–water partition coefficient (Wildman–Crippen LogP) is 12.8. The minimum absolute atomic E-state index is 0.188. The summed E-state index contributed by atoms with van der Waals surface area (Å²) in [7, 11) is 3.00. The maximum atomic E-state index is 2.73. The van der Waals surface area contributed by atoms with Crippen molar-refractivity contribution < 1.29 is 0 Å². The van der Waals surface area contributed by atoms with Crippen molar-refractivity contribution in [2.24, 2.45) is 0 Å². The van der Waals surface area contributed by atoms with Gasteiger partial charge in [0.25, 0.3) is 0 Å². The highest BCUT2D eigenvalue weighted by molar-refractivity contribution is 7.91. The Morgan fingerprint density at radius 1 is 0.304 bits per heavy atom. The zero-order chi connectivity index (χ0) is 34.3. The van der Waals surface area contributed by atoms with Gasteiger partial charge in [-0.2, -0.15) is 0 Å². The Hall–Kier alpha value is -0.960. The Labute approximate surface area is 287 Å². The van der Waals surface area contributed by atoms with E-state index in [-0.39, 0.29) is 43.3 Å². The zero-order valence-corrected chi connectivity index (χ0v) is 34.5. The van der Waals surface area contributed by atoms with E-state index in [1.165, 1.54) is 67.1 Å². The number of hydrogen-bond acceptors (Lipinski definition) is 0. The molecule has 2 aromatic carbocycles. The summed E-state index contributed by atoms with van der Waals surface area (Å²) in [6.45, 7) is 40.8. The summed E-state index contributed by atoms with van der Waals surface area (Å²) in [5.41, 5.74) is 15.1. The summed E-state index contributed by atoms with van der Waals surface area (Å²) in [5, 5.41) is 3.41. The molecule has 0 radical (unpaired) electrons. The normalized spacial score (nSPS) is 26.9. The first-order valence-corrected chi connectivity index (χ1v) is 21.1. The molecular formula is C44H66P2. The maximum Gasteiger partial charge on any atom is 0.0144 e. The molecule has 0 saturated heterocycles. The second-order valence-electron chi connectivity index (χ2n) is 21.4. The molecule has 4 aliphatic rings. The van der Waals surface area contributed by atoms with Crippen LogP contribution in [0.3, 0.4) is 0 Å². The Balaban J connectivity index is 1.77. The first-order chi connectivity index (χ1) is 20.8. The fourth-order valence-electron chi connectivity index (χ4n) is 10.1. The molecule has 252 valence electrons. The van der Waals surface area contributed by atoms with E-state index in [1.54, 1.807) is 55.1 Å². The van der Waals surface area contributed by atoms with Crippen LogP contribution in [-0.2, 0) is 43.3 Å². The molecule has 0 aliphatic heterocycles. The van der Waals surface area contributed by atoms with E-state index in [9.17, 15) is 0 Å². The van der Waals surface area contributed by atoms with Crippen LogP contribution in [0.4, 0.5) is 0 Å². The van der Waals surface area contributed by atoms with E-state index in [2.05, 4.69) is 123 Å². The summed E-state index contributed by atoms with van der Waals surface area (Å²) in [4.78, 5) is 0. The standard InChI is InChI=1S/C44H66P2/c1-37(2)17-21-41(9,10)31-27(37)25-28-32(42(11,12)22-18-38(28,3)4)35(31)45-46-36-33-29(39(5,6)19-23-43(33,13)14)26-30-34(36)44(15,16)24-20-40(30,7)8/h25-26H,17-24H2,1-16H3. The molecule has 4 aliphatic carbocycles. The third-order valence-electron chi connectivity index (χ3n) is 14.0. The van der Waals surface area contributed by atoms with Gasteiger partial charge in [-0.15, -0.1) is 0 Å². The maximum absolute atomic E-state index is 2.73. The smallest absolute Gasteiger partial charge is 0.0144 e. The molecule has 0 heterocycles. The van der Waals surface area contributed by atoms with Crippen molar-refractivity contribution in [3.8, 4) is 0 Å². The van der Waals surface area contributed by atoms with Crippen molar-refractivity contribution in [3.05, 3.63) is 56.6 Å². The predicted molar refractivity (Wildman–Crippen MR) is 207 cm³/mol. The van der Waals surface area contributed by atoms with Crippen LogP contribution in [0.2, 0.25) is 0 Å². The molecule has 2 aromatic rings. The van der Waals surface area contributed by atoms with Crippen molar-refractivity contribution in [1.82, 2.24) is 0 Å². The van der Waals surface area contributed by atoms with E-state index in [0.29, 0.717) is 0 Å². The monoisotopic (exact) mass is 656 g/mol. The van der Waals surface area contributed by atoms with Crippen LogP contribution >= 0.6 is 15.7 Å². The lowest BCUT2D eigenvalue weighted by Crippen LogP contribution is -2.44. The molecule has 0 aromatic heterocycles. The van der Waals surface area contributed by atoms with Crippen molar-refractivity contribution in [3.63, 3.8) is 0 Å². The highest BCUT2D eigenvalue weighted by atomic mass is 31.7. The van der Waals surface area contributed by atoms with Gasteiger partial charge in [0, 0.05) is 10.6 Å². The van der Waals surface area contributed by atoms with Gasteiger partial charge >= 0.3 is 0 Å². The largest absolute Gasteiger partial charge is 0.0558 e. The highest BCUT2D eigenvalue weighted by Crippen LogP contribution is 2.56. The number of benzene rings is 2. The van der Waals surface area contributed by atoms with Gasteiger partial charge in [0.1, 0.15) is 0 Å². The molecule has 0 saturated carbocycles. The molecule has 0 unspecified atom stereocenters. The molecule has 6 rings (SSSR count). The van der Waals surface area contributed by atoms with Crippen LogP contribution in [0.5, 0.6) is 0 Å². The lowest BCUT2D eigenvalue weighted by Gasteiger charge is -2.49. The molecular weight excluding hydrogens is 590 g/mol. The molecule has 2 heteroatoms. The van der Waals surface area contributed by atoms with E-state index in [4.69, 9.17) is 0 Å². The van der Waals surface area contributed by atoms with E-state index < -0.39 is 0 Å². The van der Waals surface area contributed by atoms with Crippen LogP contribution in [0.25, 0.3) is 0 Å². The first kappa shape index (κ1) is 34.9. The molecule has 46 heavy (non-hydrogen) atoms. The highest BCUT2D eigenvalue weighted by Gasteiger charge is 2.48. The molecule has 0 amide bonds. The van der Waals surface area contributed by atoms with Crippen LogP contribution in [0.15, 0.2) is 12.1 Å². The van der Waals surface area contributed by atoms with Crippen molar-refractivity contribution >= 4 is 26.3 Å². The molecule has 0 N–H and O–H groups in total. The lowest BCUT2D eigenvalue weighted by molar-refractivity contribution is 0.315. The van der Waals surface area contributed by atoms with Crippen LogP contribution in [0.1, 0.15) is 207 Å². The molecule has 0 spiro atoms. The fourth-order valence-corrected chi connectivity index (χ4v) is 14.1. The van der Waals surface area contributed by atoms with E-state index in [1.807, 2.05) is 0 Å². The third kappa shape index (κ3) is 5.28. The van der Waals surface area contributed by atoms with Crippen LogP contribution < -0.4 is 10.6 Å². The van der Waals surface area contributed by atoms with Gasteiger partial charge in [-0.05, 0) is 155 Å². The van der Waals surface area contributed by atoms with E-state index in [0.717, 1.165) is 0 Å². The average Bonchev–Trinajstić information content (AvgIpc) is 2.92. The molecule has 0 fully saturated rings. The number of hydrogen-bond donors (Lipinski definition) is 0. The SMILES string of the molecule is CC1(C)CCC(C)(C)c2c1cc1c(c2P=Pc2c3c(cc4c2C(C)(C)CCC4(C)C)C(C)(C)CCC3(C)C)C(C)(C)CCC1(C)C. The Kier molecular flexibility index (Phi) is 7.80. The summed E-state index contributed by atoms with van der Waals surface area (Å²) in [5.74, 6) is 0. The molecule has 0 atom stereocenters. The van der Waals surface area contributed by atoms with Gasteiger partial charge in [-0.3, -0.25) is 0 Å². The van der Waals surface area contributed by atoms with Crippen LogP contribution in [0, 0.1) is 0 Å². The lowest BCUT2D eigenvalue weighted by atomic mass is 9.57.